The standard InChI is InChI=1S/C15H21N3O3/c1-11(10-17-9-3-4-15(17)19)16-12(2)13-5-7-14(8-6-13)18(20)21/h5-8,11-12,16H,3-4,9-10H2,1-2H3. The molecule has 1 aromatic rings. The molecule has 0 radical (unpaired) electrons. The summed E-state index contributed by atoms with van der Waals surface area (Å²) in [6, 6.07) is 6.83. The first-order valence-corrected chi connectivity index (χ1v) is 7.25. The summed E-state index contributed by atoms with van der Waals surface area (Å²) in [7, 11) is 0. The topological polar surface area (TPSA) is 75.5 Å². The van der Waals surface area contributed by atoms with E-state index in [9.17, 15) is 14.9 Å². The molecule has 1 fully saturated rings. The Morgan fingerprint density at radius 1 is 1.33 bits per heavy atom. The van der Waals surface area contributed by atoms with Gasteiger partial charge in [-0.2, -0.15) is 0 Å². The monoisotopic (exact) mass is 291 g/mol. The fourth-order valence-corrected chi connectivity index (χ4v) is 2.69. The van der Waals surface area contributed by atoms with Crippen LogP contribution in [0, 0.1) is 10.1 Å². The smallest absolute Gasteiger partial charge is 0.269 e. The summed E-state index contributed by atoms with van der Waals surface area (Å²) in [5.41, 5.74) is 1.10. The van der Waals surface area contributed by atoms with Crippen molar-refractivity contribution in [1.29, 1.82) is 0 Å². The third-order valence-electron chi connectivity index (χ3n) is 3.80. The van der Waals surface area contributed by atoms with Gasteiger partial charge < -0.3 is 10.2 Å². The molecular formula is C15H21N3O3. The van der Waals surface area contributed by atoms with Gasteiger partial charge in [0, 0.05) is 43.7 Å². The third kappa shape index (κ3) is 4.01. The summed E-state index contributed by atoms with van der Waals surface area (Å²) in [4.78, 5) is 23.7. The maximum atomic E-state index is 11.6. The van der Waals surface area contributed by atoms with Crippen molar-refractivity contribution in [2.45, 2.75) is 38.8 Å². The van der Waals surface area contributed by atoms with E-state index in [1.54, 1.807) is 12.1 Å². The number of rotatable bonds is 6. The van der Waals surface area contributed by atoms with E-state index in [-0.39, 0.29) is 23.7 Å². The van der Waals surface area contributed by atoms with E-state index in [0.717, 1.165) is 18.5 Å². The minimum atomic E-state index is -0.399. The molecule has 0 bridgehead atoms. The van der Waals surface area contributed by atoms with Crippen LogP contribution in [0.25, 0.3) is 0 Å². The van der Waals surface area contributed by atoms with Gasteiger partial charge in [-0.25, -0.2) is 0 Å². The molecule has 1 amide bonds. The number of hydrogen-bond donors (Lipinski definition) is 1. The first kappa shape index (κ1) is 15.4. The van der Waals surface area contributed by atoms with Gasteiger partial charge in [-0.1, -0.05) is 12.1 Å². The molecule has 21 heavy (non-hydrogen) atoms. The van der Waals surface area contributed by atoms with Gasteiger partial charge in [0.15, 0.2) is 0 Å². The van der Waals surface area contributed by atoms with E-state index < -0.39 is 4.92 Å². The van der Waals surface area contributed by atoms with E-state index in [4.69, 9.17) is 0 Å². The molecule has 6 nitrogen and oxygen atoms in total. The molecule has 0 aliphatic carbocycles. The number of carbonyl (C=O) groups excluding carboxylic acids is 1. The van der Waals surface area contributed by atoms with Crippen LogP contribution >= 0.6 is 0 Å². The Balaban J connectivity index is 1.89. The molecular weight excluding hydrogens is 270 g/mol. The summed E-state index contributed by atoms with van der Waals surface area (Å²) < 4.78 is 0. The maximum Gasteiger partial charge on any atom is 0.269 e. The lowest BCUT2D eigenvalue weighted by molar-refractivity contribution is -0.384. The molecule has 6 heteroatoms. The predicted molar refractivity (Wildman–Crippen MR) is 79.9 cm³/mol. The second kappa shape index (κ2) is 6.67. The van der Waals surface area contributed by atoms with E-state index >= 15 is 0 Å². The van der Waals surface area contributed by atoms with Crippen molar-refractivity contribution >= 4 is 11.6 Å². The molecule has 0 saturated carbocycles. The molecule has 1 aliphatic rings. The fourth-order valence-electron chi connectivity index (χ4n) is 2.69. The Morgan fingerprint density at radius 3 is 2.52 bits per heavy atom. The lowest BCUT2D eigenvalue weighted by Gasteiger charge is -2.25. The number of benzene rings is 1. The lowest BCUT2D eigenvalue weighted by Crippen LogP contribution is -2.40. The van der Waals surface area contributed by atoms with Gasteiger partial charge in [-0.3, -0.25) is 14.9 Å². The van der Waals surface area contributed by atoms with Crippen LogP contribution in [0.4, 0.5) is 5.69 Å². The number of nitro benzene ring substituents is 1. The van der Waals surface area contributed by atoms with Gasteiger partial charge in [0.1, 0.15) is 0 Å². The van der Waals surface area contributed by atoms with Crippen LogP contribution in [-0.4, -0.2) is 34.9 Å². The summed E-state index contributed by atoms with van der Waals surface area (Å²) in [6.07, 6.45) is 1.61. The zero-order chi connectivity index (χ0) is 15.4. The number of nitrogens with zero attached hydrogens (tertiary/aromatic N) is 2. The zero-order valence-electron chi connectivity index (χ0n) is 12.4. The molecule has 114 valence electrons. The van der Waals surface area contributed by atoms with E-state index in [1.165, 1.54) is 12.1 Å². The summed E-state index contributed by atoms with van der Waals surface area (Å²) in [5.74, 6) is 0.228. The quantitative estimate of drug-likeness (QED) is 0.644. The Hall–Kier alpha value is -1.95. The molecule has 1 saturated heterocycles. The van der Waals surface area contributed by atoms with Gasteiger partial charge >= 0.3 is 0 Å². The van der Waals surface area contributed by atoms with Crippen LogP contribution in [0.5, 0.6) is 0 Å². The Bertz CT molecular complexity index is 515. The highest BCUT2D eigenvalue weighted by molar-refractivity contribution is 5.78. The normalized spacial score (nSPS) is 17.8. The van der Waals surface area contributed by atoms with Crippen LogP contribution < -0.4 is 5.32 Å². The summed E-state index contributed by atoms with van der Waals surface area (Å²) in [6.45, 7) is 5.61. The van der Waals surface area contributed by atoms with Crippen molar-refractivity contribution in [1.82, 2.24) is 10.2 Å². The highest BCUT2D eigenvalue weighted by atomic mass is 16.6. The fraction of sp³-hybridized carbons (Fsp3) is 0.533. The molecule has 2 rings (SSSR count). The number of carbonyl (C=O) groups is 1. The minimum Gasteiger partial charge on any atom is -0.341 e. The average Bonchev–Trinajstić information content (AvgIpc) is 2.84. The third-order valence-corrected chi connectivity index (χ3v) is 3.80. The Morgan fingerprint density at radius 2 is 2.00 bits per heavy atom. The number of nitrogens with one attached hydrogen (secondary N) is 1. The highest BCUT2D eigenvalue weighted by Gasteiger charge is 2.22. The SMILES string of the molecule is CC(CN1CCCC1=O)NC(C)c1ccc([N+](=O)[O-])cc1. The van der Waals surface area contributed by atoms with Crippen molar-refractivity contribution in [3.8, 4) is 0 Å². The van der Waals surface area contributed by atoms with E-state index in [1.807, 2.05) is 18.7 Å². The van der Waals surface area contributed by atoms with Gasteiger partial charge in [0.05, 0.1) is 4.92 Å². The molecule has 1 N–H and O–H groups in total. The van der Waals surface area contributed by atoms with Gasteiger partial charge in [0.25, 0.3) is 5.69 Å². The van der Waals surface area contributed by atoms with Crippen LogP contribution in [0.3, 0.4) is 0 Å². The van der Waals surface area contributed by atoms with Crippen molar-refractivity contribution in [2.75, 3.05) is 13.1 Å². The van der Waals surface area contributed by atoms with Gasteiger partial charge in [0.2, 0.25) is 5.91 Å². The lowest BCUT2D eigenvalue weighted by atomic mass is 10.1. The van der Waals surface area contributed by atoms with Crippen molar-refractivity contribution < 1.29 is 9.72 Å². The van der Waals surface area contributed by atoms with Crippen LogP contribution in [-0.2, 0) is 4.79 Å². The number of amides is 1. The minimum absolute atomic E-state index is 0.0820. The zero-order valence-corrected chi connectivity index (χ0v) is 12.4. The number of likely N-dealkylation sites (tertiary alicyclic amines) is 1. The Labute approximate surface area is 124 Å². The van der Waals surface area contributed by atoms with Gasteiger partial charge in [-0.05, 0) is 25.8 Å². The molecule has 0 aromatic heterocycles. The van der Waals surface area contributed by atoms with Crippen molar-refractivity contribution in [3.05, 3.63) is 39.9 Å². The molecule has 1 heterocycles. The molecule has 0 spiro atoms. The van der Waals surface area contributed by atoms with E-state index in [2.05, 4.69) is 5.32 Å². The molecule has 2 atom stereocenters. The van der Waals surface area contributed by atoms with Gasteiger partial charge in [-0.15, -0.1) is 0 Å². The van der Waals surface area contributed by atoms with Crippen LogP contribution in [0.1, 0.15) is 38.3 Å². The second-order valence-electron chi connectivity index (χ2n) is 5.58. The average molecular weight is 291 g/mol. The van der Waals surface area contributed by atoms with E-state index in [0.29, 0.717) is 13.0 Å². The van der Waals surface area contributed by atoms with Crippen LogP contribution in [0.15, 0.2) is 24.3 Å². The number of nitro groups is 1. The number of non-ortho nitro benzene ring substituents is 1. The highest BCUT2D eigenvalue weighted by Crippen LogP contribution is 2.18. The first-order chi connectivity index (χ1) is 9.97. The summed E-state index contributed by atoms with van der Waals surface area (Å²) >= 11 is 0. The number of hydrogen-bond acceptors (Lipinski definition) is 4. The largest absolute Gasteiger partial charge is 0.341 e. The summed E-state index contributed by atoms with van der Waals surface area (Å²) in [5, 5.41) is 14.1. The predicted octanol–water partition coefficient (Wildman–Crippen LogP) is 2.26. The molecule has 1 aliphatic heterocycles. The first-order valence-electron chi connectivity index (χ1n) is 7.25. The Kier molecular flexibility index (Phi) is 4.90. The molecule has 2 unspecified atom stereocenters. The van der Waals surface area contributed by atoms with Crippen molar-refractivity contribution in [3.63, 3.8) is 0 Å². The molecule has 1 aromatic carbocycles. The van der Waals surface area contributed by atoms with Crippen LogP contribution in [0.2, 0.25) is 0 Å². The van der Waals surface area contributed by atoms with Crippen molar-refractivity contribution in [2.24, 2.45) is 0 Å². The maximum absolute atomic E-state index is 11.6. The second-order valence-corrected chi connectivity index (χ2v) is 5.58.